The number of hydrogen-bond acceptors (Lipinski definition) is 4. The molecular weight excluding hydrogens is 223 g/mol. The first-order valence-electron chi connectivity index (χ1n) is 4.61. The lowest BCUT2D eigenvalue weighted by molar-refractivity contribution is 0.0636. The molecule has 16 heavy (non-hydrogen) atoms. The Labute approximate surface area is 99.6 Å². The van der Waals surface area contributed by atoms with E-state index in [4.69, 9.17) is 17.8 Å². The van der Waals surface area contributed by atoms with E-state index in [9.17, 15) is 4.79 Å². The van der Waals surface area contributed by atoms with Gasteiger partial charge in [-0.25, -0.2) is 4.79 Å². The normalized spacial score (nSPS) is 10.6. The van der Waals surface area contributed by atoms with Gasteiger partial charge in [0.2, 0.25) is 0 Å². The molecule has 6 heteroatoms. The van der Waals surface area contributed by atoms with E-state index in [0.29, 0.717) is 15.3 Å². The van der Waals surface area contributed by atoms with Crippen molar-refractivity contribution in [1.29, 1.82) is 5.26 Å². The Hall–Kier alpha value is -1.48. The maximum Gasteiger partial charge on any atom is 0.412 e. The van der Waals surface area contributed by atoms with Gasteiger partial charge >= 0.3 is 6.09 Å². The van der Waals surface area contributed by atoms with Crippen LogP contribution in [-0.4, -0.2) is 19.5 Å². The van der Waals surface area contributed by atoms with Crippen molar-refractivity contribution in [3.05, 3.63) is 11.6 Å². The smallest absolute Gasteiger partial charge is 0.412 e. The number of hydrogen-bond donors (Lipinski definition) is 1. The molecular formula is C10H11BN2O2S. The average Bonchev–Trinajstić information content (AvgIpc) is 2.42. The van der Waals surface area contributed by atoms with Gasteiger partial charge in [-0.15, -0.1) is 11.3 Å². The summed E-state index contributed by atoms with van der Waals surface area (Å²) in [6, 6.07) is 3.46. The van der Waals surface area contributed by atoms with Crippen LogP contribution < -0.4 is 10.1 Å². The van der Waals surface area contributed by atoms with Gasteiger partial charge in [0.1, 0.15) is 24.5 Å². The second kappa shape index (κ2) is 4.58. The van der Waals surface area contributed by atoms with E-state index in [2.05, 4.69) is 5.32 Å². The van der Waals surface area contributed by atoms with Crippen LogP contribution in [0.3, 0.4) is 0 Å². The first-order chi connectivity index (χ1) is 7.31. The molecule has 0 saturated carbocycles. The van der Waals surface area contributed by atoms with Crippen molar-refractivity contribution < 1.29 is 9.53 Å². The third kappa shape index (κ3) is 3.59. The summed E-state index contributed by atoms with van der Waals surface area (Å²) in [5.74, 6) is 0. The van der Waals surface area contributed by atoms with Crippen molar-refractivity contribution in [3.63, 3.8) is 0 Å². The van der Waals surface area contributed by atoms with E-state index < -0.39 is 11.7 Å². The zero-order chi connectivity index (χ0) is 12.3. The Morgan fingerprint density at radius 2 is 2.25 bits per heavy atom. The van der Waals surface area contributed by atoms with Crippen LogP contribution in [0.2, 0.25) is 0 Å². The van der Waals surface area contributed by atoms with Crippen LogP contribution in [0, 0.1) is 11.3 Å². The van der Waals surface area contributed by atoms with Crippen LogP contribution in [0.1, 0.15) is 26.3 Å². The molecule has 0 unspecified atom stereocenters. The number of rotatable bonds is 1. The number of carbonyl (C=O) groups excluding carboxylic acids is 1. The molecule has 1 heterocycles. The number of carbonyl (C=O) groups is 1. The third-order valence-electron chi connectivity index (χ3n) is 1.49. The number of anilines is 1. The molecule has 1 amide bonds. The van der Waals surface area contributed by atoms with Gasteiger partial charge < -0.3 is 4.74 Å². The molecule has 0 bridgehead atoms. The number of nitrogens with one attached hydrogen (secondary N) is 1. The van der Waals surface area contributed by atoms with Gasteiger partial charge in [-0.05, 0) is 31.6 Å². The summed E-state index contributed by atoms with van der Waals surface area (Å²) >= 11 is 1.14. The monoisotopic (exact) mass is 234 g/mol. The second-order valence-electron chi connectivity index (χ2n) is 4.13. The number of nitrogens with zero attached hydrogens (tertiary/aromatic N) is 1. The largest absolute Gasteiger partial charge is 0.444 e. The Balaban J connectivity index is 2.74. The predicted molar refractivity (Wildman–Crippen MR) is 64.3 cm³/mol. The van der Waals surface area contributed by atoms with Gasteiger partial charge in [0.25, 0.3) is 0 Å². The fraction of sp³-hybridized carbons (Fsp3) is 0.400. The van der Waals surface area contributed by atoms with Crippen LogP contribution in [0.15, 0.2) is 6.07 Å². The summed E-state index contributed by atoms with van der Waals surface area (Å²) in [5.41, 5.74) is -0.229. The van der Waals surface area contributed by atoms with Crippen LogP contribution in [0.25, 0.3) is 0 Å². The standard InChI is InChI=1S/C10H11BN2O2S/c1-10(2,3)15-9(14)13-8-6(5-12)4-7(11)16-8/h4H,1-3H3,(H,13,14). The molecule has 0 spiro atoms. The highest BCUT2D eigenvalue weighted by molar-refractivity contribution is 7.23. The topological polar surface area (TPSA) is 62.1 Å². The Morgan fingerprint density at radius 3 is 2.75 bits per heavy atom. The minimum absolute atomic E-state index is 0.341. The van der Waals surface area contributed by atoms with E-state index in [1.165, 1.54) is 6.07 Å². The lowest BCUT2D eigenvalue weighted by Gasteiger charge is -2.19. The van der Waals surface area contributed by atoms with Crippen molar-refractivity contribution >= 4 is 35.1 Å². The van der Waals surface area contributed by atoms with Crippen LogP contribution in [-0.2, 0) is 4.74 Å². The van der Waals surface area contributed by atoms with Gasteiger partial charge in [-0.1, -0.05) is 0 Å². The number of nitriles is 1. The van der Waals surface area contributed by atoms with E-state index >= 15 is 0 Å². The number of amides is 1. The lowest BCUT2D eigenvalue weighted by Crippen LogP contribution is -2.27. The summed E-state index contributed by atoms with van der Waals surface area (Å²) in [7, 11) is 5.53. The van der Waals surface area contributed by atoms with Crippen molar-refractivity contribution in [1.82, 2.24) is 0 Å². The molecule has 1 aromatic heterocycles. The van der Waals surface area contributed by atoms with Crippen molar-refractivity contribution in [3.8, 4) is 6.07 Å². The lowest BCUT2D eigenvalue weighted by atomic mass is 10.1. The third-order valence-corrected chi connectivity index (χ3v) is 2.37. The molecule has 0 aromatic carbocycles. The summed E-state index contributed by atoms with van der Waals surface area (Å²) in [5, 5.41) is 11.7. The molecule has 82 valence electrons. The van der Waals surface area contributed by atoms with E-state index in [0.717, 1.165) is 11.3 Å². The molecule has 4 nitrogen and oxygen atoms in total. The molecule has 0 fully saturated rings. The van der Waals surface area contributed by atoms with Crippen LogP contribution in [0.4, 0.5) is 9.80 Å². The quantitative estimate of drug-likeness (QED) is 0.753. The summed E-state index contributed by atoms with van der Waals surface area (Å²) in [6.07, 6.45) is -0.592. The van der Waals surface area contributed by atoms with Gasteiger partial charge in [-0.3, -0.25) is 5.32 Å². The highest BCUT2D eigenvalue weighted by Gasteiger charge is 2.18. The summed E-state index contributed by atoms with van der Waals surface area (Å²) < 4.78 is 5.53. The van der Waals surface area contributed by atoms with Gasteiger partial charge in [0.05, 0.1) is 5.56 Å². The zero-order valence-electron chi connectivity index (χ0n) is 9.33. The van der Waals surface area contributed by atoms with Crippen molar-refractivity contribution in [2.75, 3.05) is 5.32 Å². The second-order valence-corrected chi connectivity index (χ2v) is 5.21. The summed E-state index contributed by atoms with van der Waals surface area (Å²) in [6.45, 7) is 5.29. The predicted octanol–water partition coefficient (Wildman–Crippen LogP) is 1.76. The summed E-state index contributed by atoms with van der Waals surface area (Å²) in [4.78, 5) is 11.4. The highest BCUT2D eigenvalue weighted by atomic mass is 32.1. The van der Waals surface area contributed by atoms with E-state index in [1.807, 2.05) is 6.07 Å². The first-order valence-corrected chi connectivity index (χ1v) is 5.43. The Bertz CT molecular complexity index is 443. The minimum Gasteiger partial charge on any atom is -0.444 e. The van der Waals surface area contributed by atoms with Gasteiger partial charge in [-0.2, -0.15) is 5.26 Å². The molecule has 1 N–H and O–H groups in total. The molecule has 0 aliphatic carbocycles. The maximum absolute atomic E-state index is 11.4. The molecule has 0 aliphatic heterocycles. The minimum atomic E-state index is -0.592. The molecule has 0 atom stereocenters. The van der Waals surface area contributed by atoms with E-state index in [-0.39, 0.29) is 0 Å². The average molecular weight is 234 g/mol. The zero-order valence-corrected chi connectivity index (χ0v) is 10.1. The first kappa shape index (κ1) is 12.6. The molecule has 0 saturated heterocycles. The van der Waals surface area contributed by atoms with Crippen LogP contribution in [0.5, 0.6) is 0 Å². The number of thiophene rings is 1. The molecule has 1 aromatic rings. The van der Waals surface area contributed by atoms with Crippen LogP contribution >= 0.6 is 11.3 Å². The van der Waals surface area contributed by atoms with Crippen molar-refractivity contribution in [2.45, 2.75) is 26.4 Å². The molecule has 0 aliphatic rings. The number of ether oxygens (including phenoxy) is 1. The van der Waals surface area contributed by atoms with Gasteiger partial charge in [0.15, 0.2) is 0 Å². The van der Waals surface area contributed by atoms with E-state index in [1.54, 1.807) is 20.8 Å². The van der Waals surface area contributed by atoms with Crippen molar-refractivity contribution in [2.24, 2.45) is 0 Å². The Kier molecular flexibility index (Phi) is 3.60. The van der Waals surface area contributed by atoms with Gasteiger partial charge in [0, 0.05) is 0 Å². The SMILES string of the molecule is [B]c1cc(C#N)c(NC(=O)OC(C)(C)C)s1. The fourth-order valence-corrected chi connectivity index (χ4v) is 1.74. The maximum atomic E-state index is 11.4. The highest BCUT2D eigenvalue weighted by Crippen LogP contribution is 2.20. The Morgan fingerprint density at radius 1 is 1.62 bits per heavy atom. The fourth-order valence-electron chi connectivity index (χ4n) is 0.982. The molecule has 1 rings (SSSR count). The molecule has 2 radical (unpaired) electrons.